The molecule has 0 spiro atoms. The molecule has 0 amide bonds. The fourth-order valence-corrected chi connectivity index (χ4v) is 0.667. The number of rotatable bonds is 2. The average molecular weight is 146 g/mol. The van der Waals surface area contributed by atoms with Crippen molar-refractivity contribution in [1.29, 1.82) is 0 Å². The second kappa shape index (κ2) is 3.58. The summed E-state index contributed by atoms with van der Waals surface area (Å²) in [6.45, 7) is 8.98. The topological polar surface area (TPSA) is 0 Å². The molecule has 0 bridgehead atoms. The summed E-state index contributed by atoms with van der Waals surface area (Å²) in [7, 11) is 0. The van der Waals surface area contributed by atoms with Gasteiger partial charge in [0, 0.05) is 0 Å². The second-order valence-corrected chi connectivity index (χ2v) is 3.67. The van der Waals surface area contributed by atoms with Crippen LogP contribution in [0.3, 0.4) is 0 Å². The van der Waals surface area contributed by atoms with Crippen LogP contribution >= 0.6 is 0 Å². The quantitative estimate of drug-likeness (QED) is 0.523. The molecule has 0 rings (SSSR count). The summed E-state index contributed by atoms with van der Waals surface area (Å²) < 4.78 is 1.60. The van der Waals surface area contributed by atoms with Crippen LogP contribution in [0, 0.1) is 11.8 Å². The fraction of sp³-hybridized carbons (Fsp3) is 0.857. The first-order valence-corrected chi connectivity index (χ1v) is 3.92. The van der Waals surface area contributed by atoms with Crippen molar-refractivity contribution in [3.63, 3.8) is 0 Å². The second-order valence-electron chi connectivity index (χ2n) is 2.76. The fourth-order valence-electron chi connectivity index (χ4n) is 0.667. The monoisotopic (exact) mass is 146 g/mol. The molecule has 0 aromatic heterocycles. The minimum atomic E-state index is 0.759. The van der Waals surface area contributed by atoms with Gasteiger partial charge in [-0.3, -0.25) is 0 Å². The van der Waals surface area contributed by atoms with E-state index in [2.05, 4.69) is 47.7 Å². The number of hydrogen-bond acceptors (Lipinski definition) is 0. The third-order valence-corrected chi connectivity index (χ3v) is 3.05. The van der Waals surface area contributed by atoms with Crippen molar-refractivity contribution in [3.05, 3.63) is 0 Å². The Morgan fingerprint density at radius 1 is 1.00 bits per heavy atom. The van der Waals surface area contributed by atoms with Gasteiger partial charge in [-0.1, -0.05) is 0 Å². The van der Waals surface area contributed by atoms with Crippen molar-refractivity contribution < 1.29 is 20.0 Å². The van der Waals surface area contributed by atoms with Gasteiger partial charge in [0.25, 0.3) is 0 Å². The Morgan fingerprint density at radius 2 is 1.25 bits per heavy atom. The molecule has 8 heavy (non-hydrogen) atoms. The van der Waals surface area contributed by atoms with Gasteiger partial charge in [0.15, 0.2) is 0 Å². The molecule has 45 valence electrons. The Hall–Kier alpha value is 0.584. The summed E-state index contributed by atoms with van der Waals surface area (Å²) in [6, 6.07) is 0. The zero-order valence-corrected chi connectivity index (χ0v) is 7.72. The van der Waals surface area contributed by atoms with E-state index in [0.717, 1.165) is 11.8 Å². The summed E-state index contributed by atoms with van der Waals surface area (Å²) in [5.41, 5.74) is 0. The normalized spacial score (nSPS) is 11.0. The molecular weight excluding hydrogens is 132 g/mol. The molecular formula is C7H14Ti+. The van der Waals surface area contributed by atoms with Crippen molar-refractivity contribution in [2.45, 2.75) is 27.7 Å². The van der Waals surface area contributed by atoms with E-state index in [4.69, 9.17) is 0 Å². The summed E-state index contributed by atoms with van der Waals surface area (Å²) in [6.07, 6.45) is 0. The molecule has 0 aliphatic heterocycles. The molecule has 0 atom stereocenters. The Morgan fingerprint density at radius 3 is 1.25 bits per heavy atom. The van der Waals surface area contributed by atoms with Crippen molar-refractivity contribution in [1.82, 2.24) is 0 Å². The van der Waals surface area contributed by atoms with Gasteiger partial charge in [-0.2, -0.15) is 0 Å². The first kappa shape index (κ1) is 8.58. The van der Waals surface area contributed by atoms with Crippen LogP contribution in [-0.4, -0.2) is 3.81 Å². The van der Waals surface area contributed by atoms with Gasteiger partial charge < -0.3 is 0 Å². The summed E-state index contributed by atoms with van der Waals surface area (Å²) >= 11 is 2.23. The first-order valence-electron chi connectivity index (χ1n) is 3.14. The predicted molar refractivity (Wildman–Crippen MR) is 34.7 cm³/mol. The van der Waals surface area contributed by atoms with Crippen LogP contribution in [0.4, 0.5) is 0 Å². The number of hydrogen-bond donors (Lipinski definition) is 0. The van der Waals surface area contributed by atoms with E-state index < -0.39 is 0 Å². The van der Waals surface area contributed by atoms with Crippen molar-refractivity contribution >= 4 is 3.81 Å². The Balaban J connectivity index is 3.65. The maximum absolute atomic E-state index is 2.25. The molecule has 0 aliphatic rings. The van der Waals surface area contributed by atoms with Crippen LogP contribution in [0.2, 0.25) is 0 Å². The molecule has 0 aromatic rings. The summed E-state index contributed by atoms with van der Waals surface area (Å²) in [4.78, 5) is 0. The average Bonchev–Trinajstić information content (AvgIpc) is 1.64. The van der Waals surface area contributed by atoms with Crippen LogP contribution in [0.5, 0.6) is 0 Å². The van der Waals surface area contributed by atoms with Crippen LogP contribution < -0.4 is 0 Å². The molecule has 0 saturated heterocycles. The van der Waals surface area contributed by atoms with E-state index >= 15 is 0 Å². The molecule has 0 aliphatic carbocycles. The van der Waals surface area contributed by atoms with Gasteiger partial charge in [0.2, 0.25) is 0 Å². The van der Waals surface area contributed by atoms with E-state index in [1.54, 1.807) is 3.81 Å². The predicted octanol–water partition coefficient (Wildman–Crippen LogP) is 2.02. The SMILES string of the molecule is CC(C)[C](=[Ti+])C(C)C. The third kappa shape index (κ3) is 2.79. The molecule has 0 heterocycles. The van der Waals surface area contributed by atoms with Crippen LogP contribution in [0.25, 0.3) is 0 Å². The van der Waals surface area contributed by atoms with Crippen molar-refractivity contribution in [2.75, 3.05) is 0 Å². The van der Waals surface area contributed by atoms with Gasteiger partial charge in [0.05, 0.1) is 0 Å². The van der Waals surface area contributed by atoms with Crippen LogP contribution in [0.1, 0.15) is 27.7 Å². The van der Waals surface area contributed by atoms with E-state index in [1.807, 2.05) is 0 Å². The van der Waals surface area contributed by atoms with Gasteiger partial charge in [-0.15, -0.1) is 0 Å². The summed E-state index contributed by atoms with van der Waals surface area (Å²) in [5.74, 6) is 1.52. The molecule has 0 saturated carbocycles. The molecule has 0 fully saturated rings. The molecule has 0 N–H and O–H groups in total. The van der Waals surface area contributed by atoms with E-state index in [0.29, 0.717) is 0 Å². The molecule has 0 unspecified atom stereocenters. The maximum atomic E-state index is 2.25. The zero-order valence-electron chi connectivity index (χ0n) is 6.15. The molecule has 0 nitrogen and oxygen atoms in total. The van der Waals surface area contributed by atoms with Crippen LogP contribution in [0.15, 0.2) is 0 Å². The van der Waals surface area contributed by atoms with Crippen molar-refractivity contribution in [2.24, 2.45) is 11.8 Å². The third-order valence-electron chi connectivity index (χ3n) is 1.24. The molecule has 1 heteroatoms. The standard InChI is InChI=1S/C7H14.Ti/c1-6(2)5-7(3)4;/h6-7H,1-4H3;/q;+1. The Bertz CT molecular complexity index is 72.4. The molecule has 0 radical (unpaired) electrons. The zero-order chi connectivity index (χ0) is 6.73. The van der Waals surface area contributed by atoms with Gasteiger partial charge >= 0.3 is 63.3 Å². The van der Waals surface area contributed by atoms with E-state index in [9.17, 15) is 0 Å². The van der Waals surface area contributed by atoms with Gasteiger partial charge in [-0.25, -0.2) is 0 Å². The van der Waals surface area contributed by atoms with Crippen molar-refractivity contribution in [3.8, 4) is 0 Å². The Labute approximate surface area is 63.6 Å². The van der Waals surface area contributed by atoms with Crippen LogP contribution in [-0.2, 0) is 20.0 Å². The summed E-state index contributed by atoms with van der Waals surface area (Å²) in [5, 5.41) is 0. The van der Waals surface area contributed by atoms with E-state index in [1.165, 1.54) is 0 Å². The minimum absolute atomic E-state index is 0.759. The Kier molecular flexibility index (Phi) is 3.84. The van der Waals surface area contributed by atoms with Gasteiger partial charge in [0.1, 0.15) is 0 Å². The molecule has 0 aromatic carbocycles. The van der Waals surface area contributed by atoms with E-state index in [-0.39, 0.29) is 0 Å². The van der Waals surface area contributed by atoms with Gasteiger partial charge in [-0.05, 0) is 0 Å². The first-order chi connectivity index (χ1) is 3.55.